The summed E-state index contributed by atoms with van der Waals surface area (Å²) in [6.45, 7) is 0.989. The number of hydrogen-bond donors (Lipinski definition) is 2. The number of halogens is 2. The van der Waals surface area contributed by atoms with Crippen LogP contribution in [0.2, 0.25) is 0 Å². The van der Waals surface area contributed by atoms with E-state index < -0.39 is 20.2 Å². The summed E-state index contributed by atoms with van der Waals surface area (Å²) in [5, 5.41) is 0.888. The molecule has 0 saturated heterocycles. The first-order valence-electron chi connectivity index (χ1n) is 13.5. The lowest BCUT2D eigenvalue weighted by Crippen LogP contribution is -2.35. The lowest BCUT2D eigenvalue weighted by atomic mass is 10.0. The number of benzene rings is 3. The number of rotatable bonds is 12. The Morgan fingerprint density at radius 2 is 1.47 bits per heavy atom. The third kappa shape index (κ3) is 8.44. The maximum Gasteiger partial charge on any atom is 0.268 e. The van der Waals surface area contributed by atoms with Crippen molar-refractivity contribution in [2.45, 2.75) is 32.2 Å². The number of aromatic nitrogens is 1. The van der Waals surface area contributed by atoms with Crippen LogP contribution in [0, 0.1) is 0 Å². The van der Waals surface area contributed by atoms with Gasteiger partial charge in [-0.05, 0) is 66.8 Å². The number of aryl methyl sites for hydroxylation is 1. The predicted molar refractivity (Wildman–Crippen MR) is 177 cm³/mol. The summed E-state index contributed by atoms with van der Waals surface area (Å²) in [6.07, 6.45) is 3.58. The number of thiazole rings is 1. The van der Waals surface area contributed by atoms with E-state index in [2.05, 4.69) is 36.4 Å². The minimum atomic E-state index is -4.06. The van der Waals surface area contributed by atoms with E-state index in [1.807, 2.05) is 71.6 Å². The number of unbranched alkanes of at least 4 members (excludes halogenated alkanes) is 2. The third-order valence-electron chi connectivity index (χ3n) is 6.92. The number of ether oxygens (including phenoxy) is 1. The van der Waals surface area contributed by atoms with Gasteiger partial charge < -0.3 is 9.64 Å². The summed E-state index contributed by atoms with van der Waals surface area (Å²) in [4.78, 5) is 2.02. The molecule has 14 heteroatoms. The summed E-state index contributed by atoms with van der Waals surface area (Å²) in [6, 6.07) is 20.0. The number of nitrogens with zero attached hydrogens (tertiary/aromatic N) is 2. The Kier molecular flexibility index (Phi) is 9.96. The van der Waals surface area contributed by atoms with Crippen LogP contribution >= 0.6 is 43.2 Å². The van der Waals surface area contributed by atoms with Gasteiger partial charge in [0.05, 0.1) is 23.3 Å². The molecule has 0 spiro atoms. The van der Waals surface area contributed by atoms with Crippen LogP contribution in [0.5, 0.6) is 5.75 Å². The molecule has 0 amide bonds. The van der Waals surface area contributed by atoms with E-state index in [-0.39, 0.29) is 17.9 Å². The molecular formula is C29H29Br2N2O7S3+. The van der Waals surface area contributed by atoms with Crippen LogP contribution in [0.25, 0.3) is 27.4 Å². The molecule has 3 aromatic carbocycles. The zero-order valence-electron chi connectivity index (χ0n) is 22.8. The molecule has 228 valence electrons. The second kappa shape index (κ2) is 13.3. The van der Waals surface area contributed by atoms with Crippen LogP contribution < -0.4 is 14.2 Å². The van der Waals surface area contributed by atoms with Crippen molar-refractivity contribution in [2.75, 3.05) is 23.0 Å². The van der Waals surface area contributed by atoms with Crippen molar-refractivity contribution in [3.8, 4) is 16.9 Å². The van der Waals surface area contributed by atoms with Crippen molar-refractivity contribution in [3.63, 3.8) is 0 Å². The first kappa shape index (κ1) is 32.1. The molecule has 0 unspecified atom stereocenters. The van der Waals surface area contributed by atoms with Gasteiger partial charge in [-0.3, -0.25) is 9.11 Å². The van der Waals surface area contributed by atoms with Crippen molar-refractivity contribution < 1.29 is 35.2 Å². The fourth-order valence-electron chi connectivity index (χ4n) is 4.89. The fraction of sp³-hybridized carbons (Fsp3) is 0.276. The van der Waals surface area contributed by atoms with E-state index in [4.69, 9.17) is 9.29 Å². The lowest BCUT2D eigenvalue weighted by Gasteiger charge is -2.18. The Morgan fingerprint density at radius 1 is 0.814 bits per heavy atom. The van der Waals surface area contributed by atoms with Gasteiger partial charge in [-0.15, -0.1) is 0 Å². The molecule has 1 aliphatic heterocycles. The maximum atomic E-state index is 11.3. The van der Waals surface area contributed by atoms with Gasteiger partial charge in [0.1, 0.15) is 4.70 Å². The molecule has 0 saturated carbocycles. The predicted octanol–water partition coefficient (Wildman–Crippen LogP) is 6.91. The van der Waals surface area contributed by atoms with Crippen LogP contribution in [0.1, 0.15) is 30.7 Å². The number of hydrogen-bond acceptors (Lipinski definition) is 7. The minimum Gasteiger partial charge on any atom is -0.438 e. The van der Waals surface area contributed by atoms with E-state index in [1.165, 1.54) is 0 Å². The molecule has 0 bridgehead atoms. The van der Waals surface area contributed by atoms with Crippen molar-refractivity contribution >= 4 is 85.4 Å². The zero-order chi connectivity index (χ0) is 30.8. The normalized spacial score (nSPS) is 14.4. The summed E-state index contributed by atoms with van der Waals surface area (Å²) in [5.74, 6) is 0.630. The second-order valence-corrected chi connectivity index (χ2v) is 16.2. The Hall–Kier alpha value is -2.33. The average Bonchev–Trinajstić information content (AvgIpc) is 3.44. The molecule has 1 aromatic heterocycles. The highest BCUT2D eigenvalue weighted by molar-refractivity contribution is 9.10. The minimum absolute atomic E-state index is 0.287. The SMILES string of the molecule is O=S(=O)(O)CCCCN1C(=Cc2sc3ccc(Br)cc3[n+]2CCCCS(=O)(=O)O)Oc2ccc(-c3ccc(Br)cc3)cc21. The summed E-state index contributed by atoms with van der Waals surface area (Å²) >= 11 is 8.60. The van der Waals surface area contributed by atoms with Gasteiger partial charge in [0.25, 0.3) is 25.2 Å². The molecule has 2 heterocycles. The smallest absolute Gasteiger partial charge is 0.268 e. The first-order chi connectivity index (χ1) is 20.4. The van der Waals surface area contributed by atoms with Gasteiger partial charge in [0.2, 0.25) is 11.4 Å². The highest BCUT2D eigenvalue weighted by Gasteiger charge is 2.29. The van der Waals surface area contributed by atoms with Gasteiger partial charge in [-0.1, -0.05) is 61.4 Å². The number of fused-ring (bicyclic) bond motifs is 2. The zero-order valence-corrected chi connectivity index (χ0v) is 28.4. The summed E-state index contributed by atoms with van der Waals surface area (Å²) < 4.78 is 74.9. The van der Waals surface area contributed by atoms with E-state index >= 15 is 0 Å². The first-order valence-corrected chi connectivity index (χ1v) is 19.1. The molecule has 0 radical (unpaired) electrons. The van der Waals surface area contributed by atoms with Gasteiger partial charge in [0, 0.05) is 28.0 Å². The molecule has 9 nitrogen and oxygen atoms in total. The second-order valence-electron chi connectivity index (χ2n) is 10.1. The topological polar surface area (TPSA) is 125 Å². The molecule has 4 aromatic rings. The molecular weight excluding hydrogens is 744 g/mol. The van der Waals surface area contributed by atoms with Crippen LogP contribution in [-0.2, 0) is 26.8 Å². The lowest BCUT2D eigenvalue weighted by molar-refractivity contribution is -0.669. The van der Waals surface area contributed by atoms with Gasteiger partial charge in [-0.25, -0.2) is 0 Å². The largest absolute Gasteiger partial charge is 0.438 e. The molecule has 43 heavy (non-hydrogen) atoms. The summed E-state index contributed by atoms with van der Waals surface area (Å²) in [7, 11) is -8.10. The summed E-state index contributed by atoms with van der Waals surface area (Å²) in [5.41, 5.74) is 3.86. The van der Waals surface area contributed by atoms with E-state index in [1.54, 1.807) is 11.3 Å². The maximum absolute atomic E-state index is 11.3. The quantitative estimate of drug-likeness (QED) is 0.0905. The van der Waals surface area contributed by atoms with Crippen molar-refractivity contribution in [3.05, 3.63) is 80.5 Å². The standard InChI is InChI=1S/C29H28Br2N2O7S3/c30-22-8-5-20(6-9-22)21-7-11-26-24(17-21)32(13-1-3-15-42(34,35)36)28(40-26)19-29-33(14-2-4-16-43(37,38)39)25-18-23(31)10-12-27(25)41-29/h5-12,17-19H,1-4,13-16H2,(H-,34,35,36,37,38,39)/p+1. The fourth-order valence-corrected chi connectivity index (χ4v) is 7.73. The Labute approximate surface area is 271 Å². The molecule has 0 atom stereocenters. The third-order valence-corrected chi connectivity index (χ3v) is 10.7. The van der Waals surface area contributed by atoms with E-state index in [0.717, 1.165) is 41.0 Å². The van der Waals surface area contributed by atoms with Crippen molar-refractivity contribution in [2.24, 2.45) is 0 Å². The molecule has 2 N–H and O–H groups in total. The van der Waals surface area contributed by atoms with Gasteiger partial charge >= 0.3 is 0 Å². The Balaban J connectivity index is 1.50. The van der Waals surface area contributed by atoms with E-state index in [0.29, 0.717) is 44.0 Å². The highest BCUT2D eigenvalue weighted by atomic mass is 79.9. The molecule has 5 rings (SSSR count). The van der Waals surface area contributed by atoms with Crippen LogP contribution in [0.3, 0.4) is 0 Å². The van der Waals surface area contributed by atoms with Gasteiger partial charge in [-0.2, -0.15) is 21.4 Å². The molecule has 0 fully saturated rings. The van der Waals surface area contributed by atoms with Crippen molar-refractivity contribution in [1.29, 1.82) is 0 Å². The Bertz CT molecular complexity index is 1890. The molecule has 0 aliphatic carbocycles. The Morgan fingerprint density at radius 3 is 2.16 bits per heavy atom. The van der Waals surface area contributed by atoms with E-state index in [9.17, 15) is 21.4 Å². The van der Waals surface area contributed by atoms with Crippen LogP contribution in [-0.4, -0.2) is 44.0 Å². The molecule has 1 aliphatic rings. The average molecular weight is 774 g/mol. The van der Waals surface area contributed by atoms with Crippen LogP contribution in [0.4, 0.5) is 5.69 Å². The highest BCUT2D eigenvalue weighted by Crippen LogP contribution is 2.42. The number of anilines is 1. The van der Waals surface area contributed by atoms with Gasteiger partial charge in [0.15, 0.2) is 12.3 Å². The van der Waals surface area contributed by atoms with Crippen LogP contribution in [0.15, 0.2) is 75.5 Å². The van der Waals surface area contributed by atoms with Crippen molar-refractivity contribution in [1.82, 2.24) is 0 Å². The monoisotopic (exact) mass is 771 g/mol.